The van der Waals surface area contributed by atoms with Crippen molar-refractivity contribution in [2.24, 2.45) is 0 Å². The first-order valence-corrected chi connectivity index (χ1v) is 8.24. The first-order valence-electron chi connectivity index (χ1n) is 5.24. The van der Waals surface area contributed by atoms with Crippen molar-refractivity contribution in [3.8, 4) is 0 Å². The van der Waals surface area contributed by atoms with E-state index in [1.54, 1.807) is 0 Å². The Morgan fingerprint density at radius 3 is 1.29 bits per heavy atom. The van der Waals surface area contributed by atoms with E-state index >= 15 is 0 Å². The fourth-order valence-corrected chi connectivity index (χ4v) is 3.64. The fourth-order valence-electron chi connectivity index (χ4n) is 1.28. The Hall–Kier alpha value is 2.31. The van der Waals surface area contributed by atoms with Crippen molar-refractivity contribution in [3.63, 3.8) is 0 Å². The molecule has 2 nitrogen and oxygen atoms in total. The van der Waals surface area contributed by atoms with Crippen LogP contribution >= 0.6 is 48.8 Å². The molecule has 0 amide bonds. The van der Waals surface area contributed by atoms with Crippen LogP contribution in [0.25, 0.3) is 0 Å². The van der Waals surface area contributed by atoms with E-state index in [-0.39, 0.29) is 59.1 Å². The summed E-state index contributed by atoms with van der Waals surface area (Å²) in [5.41, 5.74) is 0. The van der Waals surface area contributed by atoms with Gasteiger partial charge in [0.1, 0.15) is 0 Å². The summed E-state index contributed by atoms with van der Waals surface area (Å²) in [4.78, 5) is 20.6. The molecule has 17 heavy (non-hydrogen) atoms. The van der Waals surface area contributed by atoms with Crippen LogP contribution < -0.4 is 0 Å². The molecule has 0 bridgehead atoms. The number of hydrogen-bond acceptors (Lipinski definition) is 4. The zero-order valence-corrected chi connectivity index (χ0v) is 17.5. The number of thioether (sulfide) groups is 2. The van der Waals surface area contributed by atoms with Crippen LogP contribution in [0.5, 0.6) is 0 Å². The molecule has 2 unspecified atom stereocenters. The van der Waals surface area contributed by atoms with Gasteiger partial charge in [0.2, 0.25) is 0 Å². The quantitative estimate of drug-likeness (QED) is 0.527. The Morgan fingerprint density at radius 2 is 1.24 bits per heavy atom. The van der Waals surface area contributed by atoms with Crippen molar-refractivity contribution < 1.29 is 9.59 Å². The van der Waals surface area contributed by atoms with Crippen molar-refractivity contribution >= 4 is 108 Å². The van der Waals surface area contributed by atoms with Gasteiger partial charge in [0.05, 0.1) is 0 Å². The van der Waals surface area contributed by atoms with Gasteiger partial charge >= 0.3 is 0 Å². The summed E-state index contributed by atoms with van der Waals surface area (Å²) < 4.78 is 0. The Bertz CT molecular complexity index is 229. The maximum atomic E-state index is 10.3. The minimum Gasteiger partial charge on any atom is -0.287 e. The van der Waals surface area contributed by atoms with Crippen LogP contribution in [0.2, 0.25) is 0 Å². The van der Waals surface area contributed by atoms with Crippen LogP contribution in [0.15, 0.2) is 0 Å². The molecule has 2 heterocycles. The molecule has 2 aliphatic heterocycles. The van der Waals surface area contributed by atoms with Crippen LogP contribution in [-0.4, -0.2) is 81.1 Å². The van der Waals surface area contributed by atoms with Gasteiger partial charge in [-0.2, -0.15) is 23.5 Å². The summed E-state index contributed by atoms with van der Waals surface area (Å²) in [5.74, 6) is 2.46. The predicted molar refractivity (Wildman–Crippen MR) is 84.7 cm³/mol. The Kier molecular flexibility index (Phi) is 12.5. The van der Waals surface area contributed by atoms with Gasteiger partial charge < -0.3 is 0 Å². The van der Waals surface area contributed by atoms with E-state index in [1.807, 2.05) is 23.5 Å². The normalized spacial score (nSPS) is 25.3. The third-order valence-electron chi connectivity index (χ3n) is 2.39. The Balaban J connectivity index is 0.000000284. The molecule has 7 heteroatoms. The van der Waals surface area contributed by atoms with Gasteiger partial charge in [0, 0.05) is 72.2 Å². The van der Waals surface area contributed by atoms with Gasteiger partial charge in [-0.1, -0.05) is 0 Å². The van der Waals surface area contributed by atoms with E-state index in [2.05, 4.69) is 25.3 Å². The summed E-state index contributed by atoms with van der Waals surface area (Å²) in [6.07, 6.45) is 3.73. The summed E-state index contributed by atoms with van der Waals surface area (Å²) >= 11 is 11.1. The van der Waals surface area contributed by atoms with Gasteiger partial charge in [0.15, 0.2) is 10.2 Å². The molecule has 0 aliphatic carbocycles. The van der Waals surface area contributed by atoms with Crippen LogP contribution in [0.4, 0.5) is 0 Å². The van der Waals surface area contributed by atoms with Crippen LogP contribution in [0, 0.1) is 0 Å². The molecule has 2 saturated heterocycles. The fraction of sp³-hybridized carbons (Fsp3) is 0.800. The van der Waals surface area contributed by atoms with Crippen LogP contribution in [0.1, 0.15) is 25.7 Å². The van der Waals surface area contributed by atoms with Gasteiger partial charge in [-0.15, -0.1) is 25.3 Å². The van der Waals surface area contributed by atoms with E-state index in [0.29, 0.717) is 23.3 Å². The molecule has 0 spiro atoms. The second-order valence-corrected chi connectivity index (χ2v) is 7.57. The Morgan fingerprint density at radius 1 is 0.941 bits per heavy atom. The number of carbonyl (C=O) groups excluding carboxylic acids is 2. The third kappa shape index (κ3) is 9.79. The molecular formula is C10H16BaO2S4. The van der Waals surface area contributed by atoms with Crippen molar-refractivity contribution in [3.05, 3.63) is 0 Å². The minimum atomic E-state index is 0. The molecular weight excluding hydrogens is 418 g/mol. The molecule has 2 atom stereocenters. The largest absolute Gasteiger partial charge is 0.287 e. The summed E-state index contributed by atoms with van der Waals surface area (Å²) in [5, 5.41) is 1.25. The zero-order chi connectivity index (χ0) is 12.0. The topological polar surface area (TPSA) is 34.1 Å². The smallest absolute Gasteiger partial charge is 0.187 e. The van der Waals surface area contributed by atoms with E-state index in [4.69, 9.17) is 0 Å². The van der Waals surface area contributed by atoms with Gasteiger partial charge in [0.25, 0.3) is 0 Å². The summed E-state index contributed by atoms with van der Waals surface area (Å²) in [6, 6.07) is 0. The molecule has 2 rings (SSSR count). The van der Waals surface area contributed by atoms with Crippen molar-refractivity contribution in [2.45, 2.75) is 36.2 Å². The first kappa shape index (κ1) is 19.3. The molecule has 0 aromatic rings. The monoisotopic (exact) mass is 434 g/mol. The van der Waals surface area contributed by atoms with Gasteiger partial charge in [-0.05, 0) is 24.3 Å². The summed E-state index contributed by atoms with van der Waals surface area (Å²) in [7, 11) is 0. The van der Waals surface area contributed by atoms with Crippen LogP contribution in [0.3, 0.4) is 0 Å². The molecule has 2 fully saturated rings. The molecule has 0 saturated carbocycles. The summed E-state index contributed by atoms with van der Waals surface area (Å²) in [6.45, 7) is 0. The molecule has 94 valence electrons. The number of thiol groups is 2. The van der Waals surface area contributed by atoms with E-state index in [0.717, 1.165) is 0 Å². The van der Waals surface area contributed by atoms with Crippen LogP contribution in [-0.2, 0) is 9.59 Å². The standard InChI is InChI=1S/2C5H8OS2.Ba/c2*6-5(7)3-4-1-2-8-4;/h2*4H,1-3H2,(H,6,7);. The maximum Gasteiger partial charge on any atom is 0.187 e. The predicted octanol–water partition coefficient (Wildman–Crippen LogP) is 2.30. The molecule has 0 aromatic carbocycles. The van der Waals surface area contributed by atoms with Gasteiger partial charge in [-0.25, -0.2) is 0 Å². The first-order chi connectivity index (χ1) is 7.58. The van der Waals surface area contributed by atoms with Crippen molar-refractivity contribution in [1.29, 1.82) is 0 Å². The Labute approximate surface area is 162 Å². The van der Waals surface area contributed by atoms with E-state index in [1.165, 1.54) is 24.3 Å². The second kappa shape index (κ2) is 11.0. The zero-order valence-electron chi connectivity index (χ0n) is 9.63. The number of rotatable bonds is 4. The minimum absolute atomic E-state index is 0. The second-order valence-electron chi connectivity index (χ2n) is 3.76. The van der Waals surface area contributed by atoms with E-state index < -0.39 is 0 Å². The number of hydrogen-bond donors (Lipinski definition) is 2. The van der Waals surface area contributed by atoms with Gasteiger partial charge in [-0.3, -0.25) is 9.59 Å². The van der Waals surface area contributed by atoms with Crippen molar-refractivity contribution in [2.75, 3.05) is 11.5 Å². The average molecular weight is 434 g/mol. The molecule has 0 aromatic heterocycles. The molecule has 2 radical (unpaired) electrons. The maximum absolute atomic E-state index is 10.3. The van der Waals surface area contributed by atoms with E-state index in [9.17, 15) is 9.59 Å². The van der Waals surface area contributed by atoms with Crippen molar-refractivity contribution in [1.82, 2.24) is 0 Å². The SMILES string of the molecule is O=C(S)CC1CCS1.O=C(S)CC1CCS1.[Ba]. The molecule has 0 N–H and O–H groups in total. The molecule has 2 aliphatic rings. The third-order valence-corrected chi connectivity index (χ3v) is 5.45. The number of carbonyl (C=O) groups is 2. The average Bonchev–Trinajstić information content (AvgIpc) is 2.05.